The Morgan fingerprint density at radius 1 is 1.09 bits per heavy atom. The van der Waals surface area contributed by atoms with Gasteiger partial charge in [0.15, 0.2) is 6.23 Å². The summed E-state index contributed by atoms with van der Waals surface area (Å²) in [6.45, 7) is 7.64. The second-order valence-corrected chi connectivity index (χ2v) is 10.5. The smallest absolute Gasteiger partial charge is 0.469 e. The van der Waals surface area contributed by atoms with Crippen molar-refractivity contribution in [3.8, 4) is 5.75 Å². The molecule has 0 radical (unpaired) electrons. The summed E-state index contributed by atoms with van der Waals surface area (Å²) in [5, 5.41) is 0. The number of carbonyl (C=O) groups excluding carboxylic acids is 2. The van der Waals surface area contributed by atoms with Crippen LogP contribution in [0, 0.1) is 5.41 Å². The Morgan fingerprint density at radius 2 is 1.69 bits per heavy atom. The molecule has 3 amide bonds. The molecule has 35 heavy (non-hydrogen) atoms. The monoisotopic (exact) mass is 499 g/mol. The molecule has 1 heterocycles. The zero-order valence-corrected chi connectivity index (χ0v) is 22.1. The summed E-state index contributed by atoms with van der Waals surface area (Å²) in [4.78, 5) is 39.3. The number of urea groups is 1. The normalized spacial score (nSPS) is 18.9. The SMILES string of the molecule is CCCC(c1ccccc1)N(C)C(=O)N1C(=O)C(CC)(CC)C1Oc1ccc(C(C)[P+](=O)O)cc1. The Morgan fingerprint density at radius 3 is 2.20 bits per heavy atom. The largest absolute Gasteiger partial charge is 0.513 e. The van der Waals surface area contributed by atoms with Crippen molar-refractivity contribution < 1.29 is 23.8 Å². The Hall–Kier alpha value is -2.76. The van der Waals surface area contributed by atoms with Crippen LogP contribution < -0.4 is 4.74 Å². The van der Waals surface area contributed by atoms with Gasteiger partial charge in [-0.3, -0.25) is 4.79 Å². The molecular weight excluding hydrogens is 463 g/mol. The van der Waals surface area contributed by atoms with Crippen LogP contribution in [-0.4, -0.2) is 39.9 Å². The highest BCUT2D eigenvalue weighted by Gasteiger charge is 2.63. The summed E-state index contributed by atoms with van der Waals surface area (Å²) in [6, 6.07) is 16.3. The predicted octanol–water partition coefficient (Wildman–Crippen LogP) is 6.43. The number of amides is 3. The van der Waals surface area contributed by atoms with E-state index in [9.17, 15) is 19.0 Å². The fourth-order valence-corrected chi connectivity index (χ4v) is 5.23. The average molecular weight is 500 g/mol. The number of nitrogens with zero attached hydrogens (tertiary/aromatic N) is 2. The molecule has 2 aromatic carbocycles. The topological polar surface area (TPSA) is 87.2 Å². The molecule has 0 aromatic heterocycles. The maximum Gasteiger partial charge on any atom is 0.513 e. The summed E-state index contributed by atoms with van der Waals surface area (Å²) >= 11 is 0. The minimum atomic E-state index is -2.33. The molecule has 0 bridgehead atoms. The lowest BCUT2D eigenvalue weighted by Crippen LogP contribution is -2.73. The van der Waals surface area contributed by atoms with Gasteiger partial charge in [0, 0.05) is 12.6 Å². The van der Waals surface area contributed by atoms with E-state index in [2.05, 4.69) is 6.92 Å². The van der Waals surface area contributed by atoms with E-state index < -0.39 is 25.3 Å². The summed E-state index contributed by atoms with van der Waals surface area (Å²) < 4.78 is 17.7. The third-order valence-corrected chi connectivity index (χ3v) is 8.24. The van der Waals surface area contributed by atoms with Gasteiger partial charge in [-0.2, -0.15) is 4.89 Å². The van der Waals surface area contributed by atoms with E-state index in [-0.39, 0.29) is 18.0 Å². The van der Waals surface area contributed by atoms with Gasteiger partial charge < -0.3 is 9.64 Å². The first kappa shape index (κ1) is 26.8. The van der Waals surface area contributed by atoms with Crippen LogP contribution in [0.1, 0.15) is 76.2 Å². The number of hydrogen-bond acceptors (Lipinski definition) is 4. The van der Waals surface area contributed by atoms with Gasteiger partial charge in [0.1, 0.15) is 11.2 Å². The molecule has 8 heteroatoms. The zero-order valence-electron chi connectivity index (χ0n) is 21.2. The van der Waals surface area contributed by atoms with Crippen LogP contribution in [0.15, 0.2) is 54.6 Å². The maximum atomic E-state index is 13.7. The van der Waals surface area contributed by atoms with E-state index >= 15 is 0 Å². The predicted molar refractivity (Wildman–Crippen MR) is 136 cm³/mol. The van der Waals surface area contributed by atoms with Crippen LogP contribution in [-0.2, 0) is 9.36 Å². The molecule has 7 nitrogen and oxygen atoms in total. The molecule has 0 aliphatic carbocycles. The number of rotatable bonds is 10. The minimum Gasteiger partial charge on any atom is -0.469 e. The summed E-state index contributed by atoms with van der Waals surface area (Å²) in [5.74, 6) is 0.293. The molecular formula is C27H36N2O5P+. The number of benzene rings is 2. The standard InChI is InChI=1S/C27H35N2O5P/c1-6-12-23(21-13-10-9-11-14-21)28(5)26(31)29-24(30)27(7-2,8-3)25(29)34-22-17-15-20(16-18-22)19(4)35(32)33/h9-11,13-19,23,25H,6-8,12H2,1-5H3/p+1. The second-order valence-electron chi connectivity index (χ2n) is 9.16. The average Bonchev–Trinajstić information content (AvgIpc) is 2.88. The van der Waals surface area contributed by atoms with Crippen LogP contribution in [0.25, 0.3) is 0 Å². The number of β-lactam (4-membered cyclic amide) rings is 1. The second kappa shape index (κ2) is 11.3. The van der Waals surface area contributed by atoms with Gasteiger partial charge in [0.2, 0.25) is 11.6 Å². The summed E-state index contributed by atoms with van der Waals surface area (Å²) in [7, 11) is -0.589. The molecule has 1 saturated heterocycles. The van der Waals surface area contributed by atoms with E-state index in [4.69, 9.17) is 4.74 Å². The van der Waals surface area contributed by atoms with Crippen LogP contribution in [0.4, 0.5) is 4.79 Å². The van der Waals surface area contributed by atoms with E-state index in [1.54, 1.807) is 43.1 Å². The highest BCUT2D eigenvalue weighted by Crippen LogP contribution is 2.47. The fourth-order valence-electron chi connectivity index (χ4n) is 4.80. The van der Waals surface area contributed by atoms with Crippen LogP contribution >= 0.6 is 8.03 Å². The van der Waals surface area contributed by atoms with Crippen LogP contribution in [0.2, 0.25) is 0 Å². The molecule has 0 saturated carbocycles. The molecule has 188 valence electrons. The van der Waals surface area contributed by atoms with Crippen molar-refractivity contribution in [1.82, 2.24) is 9.80 Å². The molecule has 0 spiro atoms. The number of carbonyl (C=O) groups is 2. The van der Waals surface area contributed by atoms with Crippen molar-refractivity contribution in [2.45, 2.75) is 71.3 Å². The molecule has 4 unspecified atom stereocenters. The van der Waals surface area contributed by atoms with Crippen molar-refractivity contribution >= 4 is 20.0 Å². The molecule has 3 rings (SSSR count). The Kier molecular flexibility index (Phi) is 8.68. The molecule has 1 aliphatic heterocycles. The van der Waals surface area contributed by atoms with Crippen molar-refractivity contribution in [3.63, 3.8) is 0 Å². The van der Waals surface area contributed by atoms with Crippen LogP contribution in [0.3, 0.4) is 0 Å². The number of likely N-dealkylation sites (tertiary alicyclic amines) is 1. The Labute approximate surface area is 208 Å². The third-order valence-electron chi connectivity index (χ3n) is 7.28. The quantitative estimate of drug-likeness (QED) is 0.301. The Balaban J connectivity index is 1.87. The number of imide groups is 1. The lowest BCUT2D eigenvalue weighted by Gasteiger charge is -2.54. The van der Waals surface area contributed by atoms with E-state index in [0.717, 1.165) is 24.0 Å². The van der Waals surface area contributed by atoms with Crippen molar-refractivity contribution in [3.05, 3.63) is 65.7 Å². The van der Waals surface area contributed by atoms with E-state index in [1.807, 2.05) is 44.2 Å². The van der Waals surface area contributed by atoms with E-state index in [0.29, 0.717) is 18.6 Å². The van der Waals surface area contributed by atoms with Gasteiger partial charge in [-0.1, -0.05) is 69.7 Å². The highest BCUT2D eigenvalue weighted by atomic mass is 31.1. The minimum absolute atomic E-state index is 0.151. The van der Waals surface area contributed by atoms with Gasteiger partial charge in [0.25, 0.3) is 0 Å². The van der Waals surface area contributed by atoms with Gasteiger partial charge in [-0.25, -0.2) is 9.69 Å². The summed E-state index contributed by atoms with van der Waals surface area (Å²) in [6.07, 6.45) is 2.05. The first-order valence-corrected chi connectivity index (χ1v) is 13.6. The van der Waals surface area contributed by atoms with Crippen molar-refractivity contribution in [2.75, 3.05) is 7.05 Å². The maximum absolute atomic E-state index is 13.7. The number of ether oxygens (including phenoxy) is 1. The third kappa shape index (κ3) is 5.12. The lowest BCUT2D eigenvalue weighted by molar-refractivity contribution is -0.192. The van der Waals surface area contributed by atoms with E-state index in [1.165, 1.54) is 4.90 Å². The van der Waals surface area contributed by atoms with Gasteiger partial charge in [-0.15, -0.1) is 0 Å². The molecule has 1 aliphatic rings. The lowest BCUT2D eigenvalue weighted by atomic mass is 9.72. The number of hydrogen-bond donors (Lipinski definition) is 1. The molecule has 1 N–H and O–H groups in total. The van der Waals surface area contributed by atoms with Crippen molar-refractivity contribution in [1.29, 1.82) is 0 Å². The van der Waals surface area contributed by atoms with Crippen LogP contribution in [0.5, 0.6) is 5.75 Å². The summed E-state index contributed by atoms with van der Waals surface area (Å²) in [5.41, 5.74) is 0.486. The zero-order chi connectivity index (χ0) is 25.8. The van der Waals surface area contributed by atoms with Gasteiger partial charge >= 0.3 is 14.1 Å². The van der Waals surface area contributed by atoms with Crippen molar-refractivity contribution in [2.24, 2.45) is 5.41 Å². The molecule has 2 aromatic rings. The van der Waals surface area contributed by atoms with Gasteiger partial charge in [0.05, 0.1) is 6.04 Å². The molecule has 1 fully saturated rings. The first-order chi connectivity index (χ1) is 16.7. The fraction of sp³-hybridized carbons (Fsp3) is 0.481. The van der Waals surface area contributed by atoms with Gasteiger partial charge in [-0.05, 0) is 48.4 Å². The molecule has 4 atom stereocenters. The Bertz CT molecular complexity index is 1040. The highest BCUT2D eigenvalue weighted by molar-refractivity contribution is 7.38. The first-order valence-electron chi connectivity index (χ1n) is 12.3.